The molecule has 6 aliphatic rings. The minimum absolute atomic E-state index is 0.0251. The van der Waals surface area contributed by atoms with Crippen LogP contribution in [0.3, 0.4) is 0 Å². The van der Waals surface area contributed by atoms with E-state index in [0.29, 0.717) is 37.4 Å². The summed E-state index contributed by atoms with van der Waals surface area (Å²) < 4.78 is 13.4. The van der Waals surface area contributed by atoms with Crippen molar-refractivity contribution in [3.05, 3.63) is 107 Å². The average Bonchev–Trinajstić information content (AvgIpc) is 3.67. The molecule has 10 rings (SSSR count). The first-order chi connectivity index (χ1) is 21.5. The van der Waals surface area contributed by atoms with Crippen molar-refractivity contribution in [1.82, 2.24) is 4.90 Å². The van der Waals surface area contributed by atoms with Gasteiger partial charge < -0.3 is 14.6 Å². The number of ketones is 1. The first kappa shape index (κ1) is 25.6. The predicted octanol–water partition coefficient (Wildman–Crippen LogP) is 5.95. The Morgan fingerprint density at radius 2 is 1.75 bits per heavy atom. The molecule has 0 aromatic heterocycles. The minimum atomic E-state index is -1.06. The number of hydrogen-bond donors (Lipinski definition) is 1. The minimum Gasteiger partial charge on any atom is -0.485 e. The molecule has 222 valence electrons. The molecule has 44 heavy (non-hydrogen) atoms. The molecule has 0 amide bonds. The highest BCUT2D eigenvalue weighted by atomic mass is 16.5. The van der Waals surface area contributed by atoms with Gasteiger partial charge in [-0.1, -0.05) is 72.8 Å². The molecule has 0 radical (unpaired) electrons. The van der Waals surface area contributed by atoms with Crippen LogP contribution in [0.1, 0.15) is 53.5 Å². The summed E-state index contributed by atoms with van der Waals surface area (Å²) in [5, 5.41) is 15.9. The van der Waals surface area contributed by atoms with E-state index in [-0.39, 0.29) is 11.8 Å². The molecule has 1 N–H and O–H groups in total. The lowest BCUT2D eigenvalue weighted by Gasteiger charge is -2.65. The SMILES string of the molecule is O=C1[C@@H]2Oc3c(OCc4ccccc4)ccc4c3[C@@]23CCN(CC2CC2)[C@@H](C4)[C@]3(O)CC12Cc1ccc3ccccc3c1C2. The quantitative estimate of drug-likeness (QED) is 0.315. The van der Waals surface area contributed by atoms with E-state index in [1.54, 1.807) is 0 Å². The summed E-state index contributed by atoms with van der Waals surface area (Å²) in [6, 6.07) is 27.3. The van der Waals surface area contributed by atoms with Gasteiger partial charge in [-0.05, 0) is 96.5 Å². The zero-order valence-corrected chi connectivity index (χ0v) is 24.9. The first-order valence-corrected chi connectivity index (χ1v) is 16.5. The molecule has 2 aliphatic heterocycles. The van der Waals surface area contributed by atoms with Gasteiger partial charge in [0.05, 0.1) is 11.0 Å². The molecule has 2 saturated carbocycles. The lowest BCUT2D eigenvalue weighted by atomic mass is 9.44. The molecular formula is C39H37NO4. The number of hydrogen-bond acceptors (Lipinski definition) is 5. The van der Waals surface area contributed by atoms with Crippen molar-refractivity contribution in [3.8, 4) is 11.5 Å². The highest BCUT2D eigenvalue weighted by Gasteiger charge is 2.77. The number of nitrogens with zero attached hydrogens (tertiary/aromatic N) is 1. The molecule has 5 nitrogen and oxygen atoms in total. The number of ether oxygens (including phenoxy) is 2. The lowest BCUT2D eigenvalue weighted by molar-refractivity contribution is -0.209. The number of aliphatic hydroxyl groups is 1. The fourth-order valence-corrected chi connectivity index (χ4v) is 10.2. The number of carbonyl (C=O) groups excluding carboxylic acids is 1. The third kappa shape index (κ3) is 3.24. The largest absolute Gasteiger partial charge is 0.485 e. The van der Waals surface area contributed by atoms with Gasteiger partial charge in [-0.25, -0.2) is 0 Å². The maximum atomic E-state index is 15.1. The van der Waals surface area contributed by atoms with Crippen LogP contribution < -0.4 is 9.47 Å². The summed E-state index contributed by atoms with van der Waals surface area (Å²) in [6.07, 6.45) is 5.19. The summed E-state index contributed by atoms with van der Waals surface area (Å²) in [6.45, 7) is 2.36. The van der Waals surface area contributed by atoms with Crippen molar-refractivity contribution >= 4 is 16.6 Å². The fourth-order valence-electron chi connectivity index (χ4n) is 10.2. The van der Waals surface area contributed by atoms with E-state index in [0.717, 1.165) is 43.0 Å². The van der Waals surface area contributed by atoms with Crippen molar-refractivity contribution in [3.63, 3.8) is 0 Å². The third-order valence-corrected chi connectivity index (χ3v) is 12.3. The summed E-state index contributed by atoms with van der Waals surface area (Å²) in [7, 11) is 0. The molecule has 1 unspecified atom stereocenters. The van der Waals surface area contributed by atoms with Gasteiger partial charge in [0, 0.05) is 23.6 Å². The number of likely N-dealkylation sites (tertiary alicyclic amines) is 1. The average molecular weight is 584 g/mol. The van der Waals surface area contributed by atoms with Crippen molar-refractivity contribution in [1.29, 1.82) is 0 Å². The third-order valence-electron chi connectivity index (χ3n) is 12.3. The highest BCUT2D eigenvalue weighted by Crippen LogP contribution is 2.68. The molecule has 4 aromatic rings. The van der Waals surface area contributed by atoms with E-state index in [2.05, 4.69) is 59.5 Å². The van der Waals surface area contributed by atoms with Crippen LogP contribution in [-0.4, -0.2) is 46.6 Å². The second-order valence-corrected chi connectivity index (χ2v) is 14.6. The molecule has 2 heterocycles. The summed E-state index contributed by atoms with van der Waals surface area (Å²) in [4.78, 5) is 17.7. The zero-order valence-electron chi connectivity index (χ0n) is 24.9. The number of rotatable bonds is 5. The Bertz CT molecular complexity index is 1870. The standard InChI is InChI=1S/C39H37NO4/c41-35-36-38-16-17-40(21-24-10-11-24)32(18-27-14-15-31(34(44-36)33(27)38)43-22-25-6-2-1-3-7-25)39(38,42)23-37(35)19-28-13-12-26-8-4-5-9-29(26)30(28)20-37/h1-9,12-15,24,32,36,42H,10-11,16-23H2/t32-,36-,37?,38-,39+/m0/s1. The predicted molar refractivity (Wildman–Crippen MR) is 168 cm³/mol. The number of benzene rings is 4. The van der Waals surface area contributed by atoms with E-state index in [9.17, 15) is 5.11 Å². The Kier molecular flexibility index (Phi) is 5.09. The number of carbonyl (C=O) groups is 1. The monoisotopic (exact) mass is 583 g/mol. The van der Waals surface area contributed by atoms with Gasteiger partial charge in [-0.3, -0.25) is 9.69 Å². The van der Waals surface area contributed by atoms with Gasteiger partial charge in [0.15, 0.2) is 23.4 Å². The topological polar surface area (TPSA) is 59.0 Å². The van der Waals surface area contributed by atoms with Crippen LogP contribution in [0.15, 0.2) is 78.9 Å². The Hall–Kier alpha value is -3.67. The molecule has 2 spiro atoms. The van der Waals surface area contributed by atoms with Crippen LogP contribution in [0.25, 0.3) is 10.8 Å². The summed E-state index contributed by atoms with van der Waals surface area (Å²) in [5.74, 6) is 2.28. The van der Waals surface area contributed by atoms with Crippen LogP contribution in [0, 0.1) is 11.3 Å². The Morgan fingerprint density at radius 1 is 0.932 bits per heavy atom. The molecule has 2 bridgehead atoms. The van der Waals surface area contributed by atoms with Gasteiger partial charge in [0.25, 0.3) is 0 Å². The van der Waals surface area contributed by atoms with Crippen molar-refractivity contribution in [2.75, 3.05) is 13.1 Å². The second kappa shape index (κ2) is 8.74. The van der Waals surface area contributed by atoms with Crippen LogP contribution in [0.5, 0.6) is 11.5 Å². The van der Waals surface area contributed by atoms with Crippen molar-refractivity contribution < 1.29 is 19.4 Å². The highest BCUT2D eigenvalue weighted by molar-refractivity contribution is 5.98. The van der Waals surface area contributed by atoms with Gasteiger partial charge >= 0.3 is 0 Å². The van der Waals surface area contributed by atoms with Crippen LogP contribution in [0.4, 0.5) is 0 Å². The van der Waals surface area contributed by atoms with Gasteiger partial charge in [-0.2, -0.15) is 0 Å². The molecule has 1 saturated heterocycles. The van der Waals surface area contributed by atoms with E-state index in [1.165, 1.54) is 40.3 Å². The molecule has 3 fully saturated rings. The number of piperidine rings is 1. The van der Waals surface area contributed by atoms with E-state index in [1.807, 2.05) is 24.3 Å². The van der Waals surface area contributed by atoms with E-state index < -0.39 is 22.5 Å². The van der Waals surface area contributed by atoms with Crippen LogP contribution in [-0.2, 0) is 36.1 Å². The van der Waals surface area contributed by atoms with Gasteiger partial charge in [0.1, 0.15) is 6.61 Å². The lowest BCUT2D eigenvalue weighted by Crippen LogP contribution is -2.79. The molecule has 4 aromatic carbocycles. The normalized spacial score (nSPS) is 32.9. The molecule has 5 heteroatoms. The molecular weight excluding hydrogens is 546 g/mol. The van der Waals surface area contributed by atoms with Crippen molar-refractivity contribution in [2.24, 2.45) is 11.3 Å². The van der Waals surface area contributed by atoms with Crippen LogP contribution in [0.2, 0.25) is 0 Å². The maximum Gasteiger partial charge on any atom is 0.181 e. The smallest absolute Gasteiger partial charge is 0.181 e. The molecule has 4 aliphatic carbocycles. The second-order valence-electron chi connectivity index (χ2n) is 14.6. The van der Waals surface area contributed by atoms with Gasteiger partial charge in [0.2, 0.25) is 0 Å². The summed E-state index contributed by atoms with van der Waals surface area (Å²) in [5.41, 5.74) is 3.39. The molecule has 5 atom stereocenters. The Labute approximate surface area is 257 Å². The van der Waals surface area contributed by atoms with Gasteiger partial charge in [-0.15, -0.1) is 0 Å². The Morgan fingerprint density at radius 3 is 2.61 bits per heavy atom. The number of fused-ring (bicyclic) bond motifs is 3. The zero-order chi connectivity index (χ0) is 29.3. The van der Waals surface area contributed by atoms with Crippen LogP contribution >= 0.6 is 0 Å². The maximum absolute atomic E-state index is 15.1. The van der Waals surface area contributed by atoms with E-state index in [4.69, 9.17) is 9.47 Å². The fraction of sp³-hybridized carbons (Fsp3) is 0.410. The first-order valence-electron chi connectivity index (χ1n) is 16.5. The Balaban J connectivity index is 1.11. The number of Topliss-reactive ketones (excluding diaryl/α,β-unsaturated/α-hetero) is 1. The van der Waals surface area contributed by atoms with Crippen molar-refractivity contribution in [2.45, 2.75) is 74.7 Å². The van der Waals surface area contributed by atoms with E-state index >= 15 is 4.79 Å². The summed E-state index contributed by atoms with van der Waals surface area (Å²) >= 11 is 0.